The largest absolute Gasteiger partial charge is 0.494 e. The number of amides is 1. The third kappa shape index (κ3) is 7.64. The molecule has 0 spiro atoms. The molecule has 0 unspecified atom stereocenters. The number of hydrogen-bond donors (Lipinski definition) is 1. The van der Waals surface area contributed by atoms with E-state index in [4.69, 9.17) is 28.4 Å². The number of nitrogens with zero attached hydrogens (tertiary/aromatic N) is 1. The molecule has 0 bridgehead atoms. The van der Waals surface area contributed by atoms with Gasteiger partial charge in [-0.2, -0.15) is 5.10 Å². The van der Waals surface area contributed by atoms with Crippen LogP contribution in [0.5, 0.6) is 34.5 Å². The molecule has 0 aliphatic carbocycles. The molecule has 0 aliphatic heterocycles. The Morgan fingerprint density at radius 3 is 2.08 bits per heavy atom. The van der Waals surface area contributed by atoms with Crippen molar-refractivity contribution in [3.05, 3.63) is 71.3 Å². The topological polar surface area (TPSA) is 114 Å². The van der Waals surface area contributed by atoms with E-state index in [1.54, 1.807) is 42.5 Å². The monoisotopic (exact) mass is 536 g/mol. The first-order valence-corrected chi connectivity index (χ1v) is 12.3. The van der Waals surface area contributed by atoms with E-state index >= 15 is 0 Å². The minimum atomic E-state index is -0.531. The summed E-state index contributed by atoms with van der Waals surface area (Å²) in [5.74, 6) is 1.35. The summed E-state index contributed by atoms with van der Waals surface area (Å²) in [6.07, 6.45) is 2.34. The molecule has 10 heteroatoms. The van der Waals surface area contributed by atoms with Crippen LogP contribution in [-0.4, -0.2) is 52.6 Å². The van der Waals surface area contributed by atoms with E-state index in [1.807, 2.05) is 13.8 Å². The zero-order valence-electron chi connectivity index (χ0n) is 22.6. The van der Waals surface area contributed by atoms with Crippen molar-refractivity contribution >= 4 is 18.1 Å². The predicted molar refractivity (Wildman–Crippen MR) is 146 cm³/mol. The van der Waals surface area contributed by atoms with Crippen LogP contribution in [0.2, 0.25) is 0 Å². The Hall–Kier alpha value is -4.73. The maximum absolute atomic E-state index is 12.7. The number of hydrazone groups is 1. The first-order chi connectivity index (χ1) is 18.9. The van der Waals surface area contributed by atoms with E-state index in [-0.39, 0.29) is 11.3 Å². The second-order valence-electron chi connectivity index (χ2n) is 8.01. The summed E-state index contributed by atoms with van der Waals surface area (Å²) in [5, 5.41) is 4.03. The smallest absolute Gasteiger partial charge is 0.343 e. The standard InChI is InChI=1S/C29H32N2O8/c1-6-14-38-22-11-9-20(10-12-22)29(33)39-23-13-8-19(15-24(23)37-7-2)18-30-31-28(32)21-16-25(34-3)27(36-5)26(17-21)35-4/h8-13,15-18H,6-7,14H2,1-5H3,(H,31,32). The van der Waals surface area contributed by atoms with Crippen LogP contribution in [0, 0.1) is 0 Å². The number of hydrogen-bond acceptors (Lipinski definition) is 9. The van der Waals surface area contributed by atoms with Gasteiger partial charge in [0.15, 0.2) is 23.0 Å². The van der Waals surface area contributed by atoms with Gasteiger partial charge in [-0.3, -0.25) is 4.79 Å². The maximum atomic E-state index is 12.7. The molecule has 10 nitrogen and oxygen atoms in total. The zero-order valence-corrected chi connectivity index (χ0v) is 22.6. The lowest BCUT2D eigenvalue weighted by Crippen LogP contribution is -2.18. The number of carbonyl (C=O) groups excluding carboxylic acids is 2. The first-order valence-electron chi connectivity index (χ1n) is 12.3. The molecule has 0 atom stereocenters. The first kappa shape index (κ1) is 28.8. The van der Waals surface area contributed by atoms with Crippen LogP contribution in [0.1, 0.15) is 46.5 Å². The normalized spacial score (nSPS) is 10.6. The van der Waals surface area contributed by atoms with Crippen molar-refractivity contribution in [1.82, 2.24) is 5.43 Å². The molecule has 1 N–H and O–H groups in total. The van der Waals surface area contributed by atoms with Crippen molar-refractivity contribution in [2.45, 2.75) is 20.3 Å². The highest BCUT2D eigenvalue weighted by molar-refractivity contribution is 5.96. The Labute approximate surface area is 227 Å². The van der Waals surface area contributed by atoms with E-state index in [9.17, 15) is 9.59 Å². The van der Waals surface area contributed by atoms with Crippen LogP contribution in [0.3, 0.4) is 0 Å². The summed E-state index contributed by atoms with van der Waals surface area (Å²) in [7, 11) is 4.41. The van der Waals surface area contributed by atoms with Gasteiger partial charge in [-0.05, 0) is 73.5 Å². The van der Waals surface area contributed by atoms with Gasteiger partial charge in [0.2, 0.25) is 5.75 Å². The highest BCUT2D eigenvalue weighted by atomic mass is 16.6. The molecule has 206 valence electrons. The Morgan fingerprint density at radius 2 is 1.49 bits per heavy atom. The van der Waals surface area contributed by atoms with E-state index in [0.29, 0.717) is 53.1 Å². The molecule has 3 aromatic rings. The van der Waals surface area contributed by atoms with Crippen LogP contribution < -0.4 is 33.8 Å². The van der Waals surface area contributed by atoms with Gasteiger partial charge in [-0.1, -0.05) is 6.92 Å². The third-order valence-corrected chi connectivity index (χ3v) is 5.34. The highest BCUT2D eigenvalue weighted by Gasteiger charge is 2.17. The summed E-state index contributed by atoms with van der Waals surface area (Å²) in [6.45, 7) is 4.80. The quantitative estimate of drug-likeness (QED) is 0.142. The Morgan fingerprint density at radius 1 is 0.795 bits per heavy atom. The van der Waals surface area contributed by atoms with Crippen molar-refractivity contribution in [2.24, 2.45) is 5.10 Å². The van der Waals surface area contributed by atoms with Gasteiger partial charge in [-0.15, -0.1) is 0 Å². The van der Waals surface area contributed by atoms with Crippen molar-refractivity contribution in [1.29, 1.82) is 0 Å². The summed E-state index contributed by atoms with van der Waals surface area (Å²) in [4.78, 5) is 25.3. The van der Waals surface area contributed by atoms with Gasteiger partial charge in [0.1, 0.15) is 5.75 Å². The fourth-order valence-corrected chi connectivity index (χ4v) is 3.47. The Bertz CT molecular complexity index is 1280. The summed E-state index contributed by atoms with van der Waals surface area (Å²) in [5.41, 5.74) is 3.72. The minimum Gasteiger partial charge on any atom is -0.494 e. The van der Waals surface area contributed by atoms with Crippen LogP contribution in [0.4, 0.5) is 0 Å². The average molecular weight is 537 g/mol. The second-order valence-corrected chi connectivity index (χ2v) is 8.01. The van der Waals surface area contributed by atoms with Gasteiger partial charge < -0.3 is 28.4 Å². The fourth-order valence-electron chi connectivity index (χ4n) is 3.47. The molecule has 0 fully saturated rings. The average Bonchev–Trinajstić information content (AvgIpc) is 2.96. The van der Waals surface area contributed by atoms with Gasteiger partial charge in [-0.25, -0.2) is 10.2 Å². The Kier molecular flexibility index (Phi) is 10.6. The molecular formula is C29H32N2O8. The predicted octanol–water partition coefficient (Wildman–Crippen LogP) is 4.88. The van der Waals surface area contributed by atoms with Crippen LogP contribution in [0.25, 0.3) is 0 Å². The third-order valence-electron chi connectivity index (χ3n) is 5.34. The van der Waals surface area contributed by atoms with E-state index in [0.717, 1.165) is 6.42 Å². The molecule has 0 heterocycles. The maximum Gasteiger partial charge on any atom is 0.343 e. The van der Waals surface area contributed by atoms with E-state index in [2.05, 4.69) is 10.5 Å². The van der Waals surface area contributed by atoms with E-state index in [1.165, 1.54) is 39.7 Å². The van der Waals surface area contributed by atoms with Crippen LogP contribution in [0.15, 0.2) is 59.7 Å². The lowest BCUT2D eigenvalue weighted by atomic mass is 10.1. The van der Waals surface area contributed by atoms with Crippen molar-refractivity contribution in [2.75, 3.05) is 34.5 Å². The number of ether oxygens (including phenoxy) is 6. The van der Waals surface area contributed by atoms with Gasteiger partial charge in [0, 0.05) is 5.56 Å². The molecule has 0 saturated carbocycles. The summed E-state index contributed by atoms with van der Waals surface area (Å²) >= 11 is 0. The van der Waals surface area contributed by atoms with Gasteiger partial charge in [0.05, 0.1) is 46.3 Å². The molecule has 1 amide bonds. The van der Waals surface area contributed by atoms with Crippen LogP contribution >= 0.6 is 0 Å². The van der Waals surface area contributed by atoms with Crippen molar-refractivity contribution in [3.8, 4) is 34.5 Å². The molecular weight excluding hydrogens is 504 g/mol. The molecule has 0 aromatic heterocycles. The van der Waals surface area contributed by atoms with Crippen molar-refractivity contribution in [3.63, 3.8) is 0 Å². The lowest BCUT2D eigenvalue weighted by Gasteiger charge is -2.13. The van der Waals surface area contributed by atoms with Gasteiger partial charge in [0.25, 0.3) is 5.91 Å². The number of methoxy groups -OCH3 is 3. The molecule has 3 aromatic carbocycles. The number of nitrogens with one attached hydrogen (secondary N) is 1. The second kappa shape index (κ2) is 14.3. The number of carbonyl (C=O) groups is 2. The molecule has 0 radical (unpaired) electrons. The SMILES string of the molecule is CCCOc1ccc(C(=O)Oc2ccc(C=NNC(=O)c3cc(OC)c(OC)c(OC)c3)cc2OCC)cc1. The molecule has 3 rings (SSSR count). The van der Waals surface area contributed by atoms with Crippen LogP contribution in [-0.2, 0) is 0 Å². The summed E-state index contributed by atoms with van der Waals surface area (Å²) in [6, 6.07) is 14.7. The Balaban J connectivity index is 1.70. The van der Waals surface area contributed by atoms with E-state index < -0.39 is 11.9 Å². The fraction of sp³-hybridized carbons (Fsp3) is 0.276. The number of benzene rings is 3. The number of rotatable bonds is 13. The highest BCUT2D eigenvalue weighted by Crippen LogP contribution is 2.38. The lowest BCUT2D eigenvalue weighted by molar-refractivity contribution is 0.0728. The summed E-state index contributed by atoms with van der Waals surface area (Å²) < 4.78 is 32.6. The zero-order chi connectivity index (χ0) is 28.2. The molecule has 39 heavy (non-hydrogen) atoms. The molecule has 0 aliphatic rings. The van der Waals surface area contributed by atoms with Crippen molar-refractivity contribution < 1.29 is 38.0 Å². The van der Waals surface area contributed by atoms with Gasteiger partial charge >= 0.3 is 5.97 Å². The number of esters is 1. The molecule has 0 saturated heterocycles. The minimum absolute atomic E-state index is 0.256.